The van der Waals surface area contributed by atoms with Crippen molar-refractivity contribution in [3.05, 3.63) is 63.6 Å². The van der Waals surface area contributed by atoms with Crippen LogP contribution in [0.5, 0.6) is 0 Å². The molecule has 0 aliphatic heterocycles. The molecule has 0 saturated carbocycles. The fourth-order valence-electron chi connectivity index (χ4n) is 1.79. The third-order valence-corrected chi connectivity index (χ3v) is 3.84. The van der Waals surface area contributed by atoms with E-state index in [0.717, 1.165) is 22.2 Å². The van der Waals surface area contributed by atoms with E-state index < -0.39 is 11.7 Å². The molecule has 0 spiro atoms. The van der Waals surface area contributed by atoms with Gasteiger partial charge in [0, 0.05) is 15.7 Å². The molecule has 0 saturated heterocycles. The van der Waals surface area contributed by atoms with Crippen molar-refractivity contribution in [3.8, 4) is 0 Å². The number of hydrogen-bond donors (Lipinski definition) is 1. The molecular formula is C15H11BrF3NO. The molecule has 2 nitrogen and oxygen atoms in total. The molecule has 0 aliphatic rings. The summed E-state index contributed by atoms with van der Waals surface area (Å²) in [5, 5.41) is 2.58. The maximum absolute atomic E-state index is 12.5. The summed E-state index contributed by atoms with van der Waals surface area (Å²) in [6, 6.07) is 9.51. The van der Waals surface area contributed by atoms with Crippen LogP contribution in [0.3, 0.4) is 0 Å². The zero-order valence-corrected chi connectivity index (χ0v) is 12.5. The third-order valence-electron chi connectivity index (χ3n) is 2.98. The number of nitrogens with one attached hydrogen (secondary N) is 1. The summed E-state index contributed by atoms with van der Waals surface area (Å²) in [5.74, 6) is -0.367. The van der Waals surface area contributed by atoms with Crippen LogP contribution in [0.15, 0.2) is 46.9 Å². The number of rotatable bonds is 2. The zero-order chi connectivity index (χ0) is 15.6. The van der Waals surface area contributed by atoms with Gasteiger partial charge in [-0.3, -0.25) is 4.79 Å². The number of carbonyl (C=O) groups excluding carboxylic acids is 1. The fourth-order valence-corrected chi connectivity index (χ4v) is 2.16. The zero-order valence-electron chi connectivity index (χ0n) is 11.0. The van der Waals surface area contributed by atoms with Gasteiger partial charge >= 0.3 is 6.18 Å². The minimum atomic E-state index is -4.39. The number of hydrogen-bond acceptors (Lipinski definition) is 1. The molecule has 0 unspecified atom stereocenters. The molecule has 6 heteroatoms. The van der Waals surface area contributed by atoms with Crippen LogP contribution in [-0.2, 0) is 6.18 Å². The Morgan fingerprint density at radius 3 is 2.29 bits per heavy atom. The van der Waals surface area contributed by atoms with E-state index in [0.29, 0.717) is 11.3 Å². The number of anilines is 1. The van der Waals surface area contributed by atoms with Gasteiger partial charge in [-0.1, -0.05) is 22.0 Å². The van der Waals surface area contributed by atoms with Crippen molar-refractivity contribution >= 4 is 27.5 Å². The van der Waals surface area contributed by atoms with Gasteiger partial charge < -0.3 is 5.32 Å². The molecule has 0 heterocycles. The lowest BCUT2D eigenvalue weighted by atomic mass is 10.1. The van der Waals surface area contributed by atoms with E-state index in [1.807, 2.05) is 6.07 Å². The largest absolute Gasteiger partial charge is 0.416 e. The highest BCUT2D eigenvalue weighted by atomic mass is 79.9. The highest BCUT2D eigenvalue weighted by Crippen LogP contribution is 2.30. The monoisotopic (exact) mass is 357 g/mol. The standard InChI is InChI=1S/C15H11BrF3NO/c1-9-12(3-2-4-13(9)16)14(21)20-11-7-5-10(6-8-11)15(17,18)19/h2-8H,1H3,(H,20,21). The van der Waals surface area contributed by atoms with Gasteiger partial charge in [-0.05, 0) is 48.9 Å². The molecule has 2 rings (SSSR count). The van der Waals surface area contributed by atoms with Gasteiger partial charge in [-0.2, -0.15) is 13.2 Å². The Bertz CT molecular complexity index is 666. The second kappa shape index (κ2) is 5.89. The Labute approximate surface area is 128 Å². The summed E-state index contributed by atoms with van der Waals surface area (Å²) < 4.78 is 38.1. The second-order valence-electron chi connectivity index (χ2n) is 4.44. The van der Waals surface area contributed by atoms with Crippen molar-refractivity contribution in [2.75, 3.05) is 5.32 Å². The maximum Gasteiger partial charge on any atom is 0.416 e. The molecular weight excluding hydrogens is 347 g/mol. The summed E-state index contributed by atoms with van der Waals surface area (Å²) in [6.07, 6.45) is -4.39. The number of alkyl halides is 3. The van der Waals surface area contributed by atoms with E-state index in [4.69, 9.17) is 0 Å². The smallest absolute Gasteiger partial charge is 0.322 e. The fraction of sp³-hybridized carbons (Fsp3) is 0.133. The van der Waals surface area contributed by atoms with E-state index in [2.05, 4.69) is 21.2 Å². The molecule has 1 amide bonds. The molecule has 1 N–H and O–H groups in total. The molecule has 0 atom stereocenters. The number of amides is 1. The third kappa shape index (κ3) is 3.64. The normalized spacial score (nSPS) is 11.3. The summed E-state index contributed by atoms with van der Waals surface area (Å²) in [6.45, 7) is 1.78. The van der Waals surface area contributed by atoms with Crippen LogP contribution in [0.25, 0.3) is 0 Å². The molecule has 0 aliphatic carbocycles. The van der Waals surface area contributed by atoms with E-state index in [-0.39, 0.29) is 5.91 Å². The molecule has 0 fully saturated rings. The first-order valence-corrected chi connectivity index (χ1v) is 6.82. The quantitative estimate of drug-likeness (QED) is 0.802. The number of halogens is 4. The van der Waals surface area contributed by atoms with Crippen LogP contribution in [0.1, 0.15) is 21.5 Å². The minimum absolute atomic E-state index is 0.312. The van der Waals surface area contributed by atoms with E-state index in [1.165, 1.54) is 12.1 Å². The highest BCUT2D eigenvalue weighted by Gasteiger charge is 2.30. The summed E-state index contributed by atoms with van der Waals surface area (Å²) in [4.78, 5) is 12.1. The van der Waals surface area contributed by atoms with Crippen LogP contribution in [0.2, 0.25) is 0 Å². The van der Waals surface area contributed by atoms with Gasteiger partial charge in [0.05, 0.1) is 5.56 Å². The van der Waals surface area contributed by atoms with Crippen molar-refractivity contribution in [2.45, 2.75) is 13.1 Å². The molecule has 110 valence electrons. The van der Waals surface area contributed by atoms with Crippen LogP contribution in [-0.4, -0.2) is 5.91 Å². The number of carbonyl (C=O) groups is 1. The van der Waals surface area contributed by atoms with Gasteiger partial charge in [-0.25, -0.2) is 0 Å². The first-order chi connectivity index (χ1) is 9.79. The predicted octanol–water partition coefficient (Wildman–Crippen LogP) is 5.03. The van der Waals surface area contributed by atoms with E-state index in [9.17, 15) is 18.0 Å². The summed E-state index contributed by atoms with van der Waals surface area (Å²) in [7, 11) is 0. The van der Waals surface area contributed by atoms with E-state index >= 15 is 0 Å². The maximum atomic E-state index is 12.5. The minimum Gasteiger partial charge on any atom is -0.322 e. The van der Waals surface area contributed by atoms with Crippen molar-refractivity contribution < 1.29 is 18.0 Å². The summed E-state index contributed by atoms with van der Waals surface area (Å²) >= 11 is 3.33. The van der Waals surface area contributed by atoms with Gasteiger partial charge in [0.15, 0.2) is 0 Å². The van der Waals surface area contributed by atoms with Crippen LogP contribution in [0, 0.1) is 6.92 Å². The van der Waals surface area contributed by atoms with Gasteiger partial charge in [-0.15, -0.1) is 0 Å². The van der Waals surface area contributed by atoms with Crippen molar-refractivity contribution in [2.24, 2.45) is 0 Å². The molecule has 0 aromatic heterocycles. The topological polar surface area (TPSA) is 29.1 Å². The average molecular weight is 358 g/mol. The Hall–Kier alpha value is -1.82. The number of benzene rings is 2. The van der Waals surface area contributed by atoms with Crippen LogP contribution < -0.4 is 5.32 Å². The van der Waals surface area contributed by atoms with Gasteiger partial charge in [0.25, 0.3) is 5.91 Å². The van der Waals surface area contributed by atoms with Crippen molar-refractivity contribution in [3.63, 3.8) is 0 Å². The Balaban J connectivity index is 2.18. The SMILES string of the molecule is Cc1c(Br)cccc1C(=O)Nc1ccc(C(F)(F)F)cc1. The molecule has 2 aromatic rings. The van der Waals surface area contributed by atoms with E-state index in [1.54, 1.807) is 19.1 Å². The molecule has 2 aromatic carbocycles. The Morgan fingerprint density at radius 2 is 1.71 bits per heavy atom. The van der Waals surface area contributed by atoms with Gasteiger partial charge in [0.2, 0.25) is 0 Å². The first-order valence-electron chi connectivity index (χ1n) is 6.03. The van der Waals surface area contributed by atoms with Crippen molar-refractivity contribution in [1.82, 2.24) is 0 Å². The second-order valence-corrected chi connectivity index (χ2v) is 5.30. The Kier molecular flexibility index (Phi) is 4.37. The Morgan fingerprint density at radius 1 is 1.10 bits per heavy atom. The van der Waals surface area contributed by atoms with Crippen molar-refractivity contribution in [1.29, 1.82) is 0 Å². The van der Waals surface area contributed by atoms with Crippen LogP contribution in [0.4, 0.5) is 18.9 Å². The lowest BCUT2D eigenvalue weighted by Gasteiger charge is -2.10. The lowest BCUT2D eigenvalue weighted by Crippen LogP contribution is -2.14. The molecule has 0 radical (unpaired) electrons. The highest BCUT2D eigenvalue weighted by molar-refractivity contribution is 9.10. The van der Waals surface area contributed by atoms with Crippen LogP contribution >= 0.6 is 15.9 Å². The molecule has 21 heavy (non-hydrogen) atoms. The predicted molar refractivity (Wildman–Crippen MR) is 78.3 cm³/mol. The van der Waals surface area contributed by atoms with Gasteiger partial charge in [0.1, 0.15) is 0 Å². The average Bonchev–Trinajstić information content (AvgIpc) is 2.41. The first kappa shape index (κ1) is 15.6. The lowest BCUT2D eigenvalue weighted by molar-refractivity contribution is -0.137. The summed E-state index contributed by atoms with van der Waals surface area (Å²) in [5.41, 5.74) is 0.790. The molecule has 0 bridgehead atoms.